The molecule has 0 unspecified atom stereocenters. The molecule has 0 saturated heterocycles. The van der Waals surface area contributed by atoms with E-state index in [4.69, 9.17) is 5.73 Å². The summed E-state index contributed by atoms with van der Waals surface area (Å²) in [6.45, 7) is 1.78. The molecule has 0 fully saturated rings. The van der Waals surface area contributed by atoms with Crippen LogP contribution in [0.4, 0.5) is 18.9 Å². The van der Waals surface area contributed by atoms with Crippen LogP contribution in [0.3, 0.4) is 0 Å². The second-order valence-corrected chi connectivity index (χ2v) is 3.86. The highest BCUT2D eigenvalue weighted by atomic mass is 19.4. The SMILES string of the molecule is Cc1cc(-c2cncc(C(F)(F)F)n2)ccc1N. The number of alkyl halides is 3. The predicted octanol–water partition coefficient (Wildman–Crippen LogP) is 3.05. The molecule has 1 heterocycles. The summed E-state index contributed by atoms with van der Waals surface area (Å²) in [5.41, 5.74) is 6.74. The third kappa shape index (κ3) is 2.42. The number of aryl methyl sites for hydroxylation is 1. The summed E-state index contributed by atoms with van der Waals surface area (Å²) in [5, 5.41) is 0. The Morgan fingerprint density at radius 3 is 2.50 bits per heavy atom. The van der Waals surface area contributed by atoms with Crippen molar-refractivity contribution in [3.8, 4) is 11.3 Å². The van der Waals surface area contributed by atoms with Crippen molar-refractivity contribution in [3.63, 3.8) is 0 Å². The lowest BCUT2D eigenvalue weighted by molar-refractivity contribution is -0.141. The van der Waals surface area contributed by atoms with Gasteiger partial charge in [0.1, 0.15) is 0 Å². The predicted molar refractivity (Wildman–Crippen MR) is 61.6 cm³/mol. The molecule has 1 aromatic heterocycles. The van der Waals surface area contributed by atoms with E-state index in [1.165, 1.54) is 6.20 Å². The van der Waals surface area contributed by atoms with Gasteiger partial charge in [-0.05, 0) is 24.6 Å². The second-order valence-electron chi connectivity index (χ2n) is 3.86. The topological polar surface area (TPSA) is 51.8 Å². The van der Waals surface area contributed by atoms with Crippen molar-refractivity contribution in [2.24, 2.45) is 0 Å². The van der Waals surface area contributed by atoms with Crippen LogP contribution < -0.4 is 5.73 Å². The molecule has 2 rings (SSSR count). The van der Waals surface area contributed by atoms with Crippen molar-refractivity contribution in [3.05, 3.63) is 41.9 Å². The largest absolute Gasteiger partial charge is 0.434 e. The van der Waals surface area contributed by atoms with Gasteiger partial charge in [0.15, 0.2) is 5.69 Å². The smallest absolute Gasteiger partial charge is 0.399 e. The number of anilines is 1. The number of nitrogens with two attached hydrogens (primary N) is 1. The fourth-order valence-corrected chi connectivity index (χ4v) is 1.48. The highest BCUT2D eigenvalue weighted by Crippen LogP contribution is 2.29. The fourth-order valence-electron chi connectivity index (χ4n) is 1.48. The highest BCUT2D eigenvalue weighted by Gasteiger charge is 2.33. The maximum absolute atomic E-state index is 12.5. The fraction of sp³-hybridized carbons (Fsp3) is 0.167. The molecule has 0 aliphatic rings. The molecule has 6 heteroatoms. The van der Waals surface area contributed by atoms with E-state index in [1.807, 2.05) is 0 Å². The Labute approximate surface area is 101 Å². The van der Waals surface area contributed by atoms with E-state index in [1.54, 1.807) is 25.1 Å². The summed E-state index contributed by atoms with van der Waals surface area (Å²) in [5.74, 6) is 0. The standard InChI is InChI=1S/C12H10F3N3/c1-7-4-8(2-3-9(7)16)10-5-17-6-11(18-10)12(13,14)15/h2-6H,16H2,1H3. The first-order chi connectivity index (χ1) is 8.38. The van der Waals surface area contributed by atoms with E-state index in [9.17, 15) is 13.2 Å². The first-order valence-corrected chi connectivity index (χ1v) is 5.13. The number of rotatable bonds is 1. The Kier molecular flexibility index (Phi) is 2.94. The molecule has 0 atom stereocenters. The molecule has 0 amide bonds. The minimum atomic E-state index is -4.49. The molecule has 0 aliphatic carbocycles. The third-order valence-corrected chi connectivity index (χ3v) is 2.49. The van der Waals surface area contributed by atoms with Gasteiger partial charge in [0.25, 0.3) is 0 Å². The van der Waals surface area contributed by atoms with Gasteiger partial charge in [0.2, 0.25) is 0 Å². The lowest BCUT2D eigenvalue weighted by atomic mass is 10.1. The number of nitrogen functional groups attached to an aromatic ring is 1. The number of benzene rings is 1. The van der Waals surface area contributed by atoms with E-state index in [-0.39, 0.29) is 5.69 Å². The molecule has 18 heavy (non-hydrogen) atoms. The van der Waals surface area contributed by atoms with Crippen molar-refractivity contribution in [1.82, 2.24) is 9.97 Å². The van der Waals surface area contributed by atoms with Gasteiger partial charge >= 0.3 is 6.18 Å². The van der Waals surface area contributed by atoms with Crippen molar-refractivity contribution in [2.75, 3.05) is 5.73 Å². The van der Waals surface area contributed by atoms with Crippen LogP contribution in [0.1, 0.15) is 11.3 Å². The first-order valence-electron chi connectivity index (χ1n) is 5.13. The second kappa shape index (κ2) is 4.29. The lowest BCUT2D eigenvalue weighted by Gasteiger charge is -2.08. The molecule has 0 spiro atoms. The Balaban J connectivity index is 2.48. The number of nitrogens with zero attached hydrogens (tertiary/aromatic N) is 2. The van der Waals surface area contributed by atoms with E-state index < -0.39 is 11.9 Å². The molecular formula is C12H10F3N3. The van der Waals surface area contributed by atoms with Crippen molar-refractivity contribution < 1.29 is 13.2 Å². The minimum Gasteiger partial charge on any atom is -0.399 e. The molecule has 0 saturated carbocycles. The summed E-state index contributed by atoms with van der Waals surface area (Å²) >= 11 is 0. The summed E-state index contributed by atoms with van der Waals surface area (Å²) in [4.78, 5) is 7.12. The van der Waals surface area contributed by atoms with Gasteiger partial charge < -0.3 is 5.73 Å². The lowest BCUT2D eigenvalue weighted by Crippen LogP contribution is -2.09. The average Bonchev–Trinajstić information content (AvgIpc) is 2.32. The van der Waals surface area contributed by atoms with Crippen LogP contribution in [0.25, 0.3) is 11.3 Å². The van der Waals surface area contributed by atoms with Crippen LogP contribution in [0.5, 0.6) is 0 Å². The van der Waals surface area contributed by atoms with Crippen molar-refractivity contribution in [1.29, 1.82) is 0 Å². The van der Waals surface area contributed by atoms with E-state index >= 15 is 0 Å². The number of hydrogen-bond donors (Lipinski definition) is 1. The van der Waals surface area contributed by atoms with Gasteiger partial charge in [-0.3, -0.25) is 4.98 Å². The maximum Gasteiger partial charge on any atom is 0.434 e. The van der Waals surface area contributed by atoms with Crippen LogP contribution in [0.2, 0.25) is 0 Å². The van der Waals surface area contributed by atoms with Gasteiger partial charge in [0.05, 0.1) is 18.1 Å². The minimum absolute atomic E-state index is 0.174. The zero-order valence-corrected chi connectivity index (χ0v) is 9.49. The molecule has 0 bridgehead atoms. The van der Waals surface area contributed by atoms with Gasteiger partial charge in [-0.1, -0.05) is 6.07 Å². The number of halogens is 3. The average molecular weight is 253 g/mol. The first kappa shape index (κ1) is 12.3. The summed E-state index contributed by atoms with van der Waals surface area (Å²) in [7, 11) is 0. The number of hydrogen-bond acceptors (Lipinski definition) is 3. The van der Waals surface area contributed by atoms with Crippen LogP contribution in [0, 0.1) is 6.92 Å². The Bertz CT molecular complexity index is 579. The highest BCUT2D eigenvalue weighted by molar-refractivity contribution is 5.64. The van der Waals surface area contributed by atoms with E-state index in [0.717, 1.165) is 5.56 Å². The molecule has 94 valence electrons. The molecular weight excluding hydrogens is 243 g/mol. The molecule has 2 N–H and O–H groups in total. The third-order valence-electron chi connectivity index (χ3n) is 2.49. The summed E-state index contributed by atoms with van der Waals surface area (Å²) in [6.07, 6.45) is -2.50. The summed E-state index contributed by atoms with van der Waals surface area (Å²) in [6, 6.07) is 4.93. The van der Waals surface area contributed by atoms with Crippen LogP contribution in [-0.2, 0) is 6.18 Å². The quantitative estimate of drug-likeness (QED) is 0.795. The van der Waals surface area contributed by atoms with Crippen LogP contribution >= 0.6 is 0 Å². The molecule has 1 aromatic carbocycles. The Morgan fingerprint density at radius 1 is 1.17 bits per heavy atom. The van der Waals surface area contributed by atoms with Crippen molar-refractivity contribution >= 4 is 5.69 Å². The molecule has 2 aromatic rings. The van der Waals surface area contributed by atoms with Gasteiger partial charge in [0, 0.05) is 11.3 Å². The van der Waals surface area contributed by atoms with E-state index in [0.29, 0.717) is 17.4 Å². The zero-order valence-electron chi connectivity index (χ0n) is 9.49. The van der Waals surface area contributed by atoms with Crippen molar-refractivity contribution in [2.45, 2.75) is 13.1 Å². The van der Waals surface area contributed by atoms with Crippen LogP contribution in [-0.4, -0.2) is 9.97 Å². The molecule has 3 nitrogen and oxygen atoms in total. The monoisotopic (exact) mass is 253 g/mol. The summed E-state index contributed by atoms with van der Waals surface area (Å²) < 4.78 is 37.5. The zero-order chi connectivity index (χ0) is 13.3. The maximum atomic E-state index is 12.5. The Morgan fingerprint density at radius 2 is 1.89 bits per heavy atom. The molecule has 0 aliphatic heterocycles. The van der Waals surface area contributed by atoms with Gasteiger partial charge in [-0.25, -0.2) is 4.98 Å². The van der Waals surface area contributed by atoms with Gasteiger partial charge in [-0.15, -0.1) is 0 Å². The number of aromatic nitrogens is 2. The van der Waals surface area contributed by atoms with Gasteiger partial charge in [-0.2, -0.15) is 13.2 Å². The van der Waals surface area contributed by atoms with E-state index in [2.05, 4.69) is 9.97 Å². The Hall–Kier alpha value is -2.11. The molecule has 0 radical (unpaired) electrons. The van der Waals surface area contributed by atoms with Crippen LogP contribution in [0.15, 0.2) is 30.6 Å². The normalized spacial score (nSPS) is 11.6.